The summed E-state index contributed by atoms with van der Waals surface area (Å²) in [6.07, 6.45) is 2.44. The molecular weight excluding hydrogens is 264 g/mol. The Hall–Kier alpha value is -2.90. The molecule has 0 saturated heterocycles. The molecule has 1 aromatic carbocycles. The summed E-state index contributed by atoms with van der Waals surface area (Å²) < 4.78 is 4.94. The number of phenols is 1. The Kier molecular flexibility index (Phi) is 3.94. The van der Waals surface area contributed by atoms with Gasteiger partial charge in [0, 0.05) is 11.8 Å². The molecule has 1 aromatic rings. The Morgan fingerprint density at radius 2 is 2.40 bits per heavy atom. The van der Waals surface area contributed by atoms with Crippen LogP contribution < -0.4 is 15.6 Å². The molecule has 0 fully saturated rings. The minimum atomic E-state index is -0.994. The fraction of sp³-hybridized carbons (Fsp3) is 0.167. The third kappa shape index (κ3) is 2.74. The quantitative estimate of drug-likeness (QED) is 0.394. The molecule has 0 spiro atoms. The lowest BCUT2D eigenvalue weighted by Crippen LogP contribution is -2.34. The third-order valence-corrected chi connectivity index (χ3v) is 2.59. The molecule has 104 valence electrons. The minimum Gasteiger partial charge on any atom is -0.504 e. The second-order valence-corrected chi connectivity index (χ2v) is 3.86. The molecule has 1 aliphatic heterocycles. The van der Waals surface area contributed by atoms with Gasteiger partial charge in [-0.1, -0.05) is 6.07 Å². The van der Waals surface area contributed by atoms with Crippen molar-refractivity contribution in [3.8, 4) is 11.5 Å². The molecule has 0 unspecified atom stereocenters. The van der Waals surface area contributed by atoms with Crippen LogP contribution in [0, 0.1) is 5.92 Å². The van der Waals surface area contributed by atoms with Crippen LogP contribution in [0.15, 0.2) is 28.4 Å². The van der Waals surface area contributed by atoms with E-state index in [2.05, 4.69) is 21.1 Å². The van der Waals surface area contributed by atoms with Gasteiger partial charge in [0.1, 0.15) is 0 Å². The van der Waals surface area contributed by atoms with Crippen LogP contribution in [0.4, 0.5) is 0 Å². The summed E-state index contributed by atoms with van der Waals surface area (Å²) >= 11 is 0. The van der Waals surface area contributed by atoms with Gasteiger partial charge in [-0.25, -0.2) is 10.9 Å². The molecule has 1 heterocycles. The van der Waals surface area contributed by atoms with Gasteiger partial charge in [0.25, 0.3) is 11.8 Å². The molecule has 1 aliphatic rings. The van der Waals surface area contributed by atoms with Crippen LogP contribution in [0.25, 0.3) is 0 Å². The number of nitrogens with one attached hydrogen (secondary N) is 2. The second kappa shape index (κ2) is 5.83. The van der Waals surface area contributed by atoms with Crippen LogP contribution in [0.3, 0.4) is 0 Å². The van der Waals surface area contributed by atoms with E-state index in [1.165, 1.54) is 19.5 Å². The number of phenolic OH excluding ortho intramolecular Hbond substituents is 1. The first kappa shape index (κ1) is 13.5. The van der Waals surface area contributed by atoms with Gasteiger partial charge in [-0.2, -0.15) is 10.2 Å². The normalized spacial score (nSPS) is 17.2. The van der Waals surface area contributed by atoms with E-state index in [1.54, 1.807) is 18.2 Å². The van der Waals surface area contributed by atoms with E-state index in [0.717, 1.165) is 0 Å². The van der Waals surface area contributed by atoms with Crippen molar-refractivity contribution in [3.05, 3.63) is 23.8 Å². The summed E-state index contributed by atoms with van der Waals surface area (Å²) in [5.41, 5.74) is 4.71. The molecule has 2 rings (SSSR count). The van der Waals surface area contributed by atoms with E-state index in [4.69, 9.17) is 4.74 Å². The standard InChI is InChI=1S/C12H12N4O4/c1-20-9-4-2-3-7(10(9)17)5-13-15-11(18)8-6-14-16-12(8)19/h2-6,8,17H,1H3,(H,15,18)(H,16,19)/b13-5-/t8-/m1/s1. The Morgan fingerprint density at radius 3 is 3.05 bits per heavy atom. The van der Waals surface area contributed by atoms with Crippen LogP contribution in [0.5, 0.6) is 11.5 Å². The lowest BCUT2D eigenvalue weighted by Gasteiger charge is -2.05. The van der Waals surface area contributed by atoms with E-state index in [1.807, 2.05) is 0 Å². The molecule has 0 aliphatic carbocycles. The van der Waals surface area contributed by atoms with Gasteiger partial charge >= 0.3 is 0 Å². The number of ether oxygens (including phenoxy) is 1. The van der Waals surface area contributed by atoms with Gasteiger partial charge in [0.15, 0.2) is 17.4 Å². The van der Waals surface area contributed by atoms with Crippen molar-refractivity contribution in [2.45, 2.75) is 0 Å². The summed E-state index contributed by atoms with van der Waals surface area (Å²) in [6.45, 7) is 0. The van der Waals surface area contributed by atoms with Gasteiger partial charge in [-0.05, 0) is 12.1 Å². The number of carbonyl (C=O) groups excluding carboxylic acids is 2. The van der Waals surface area contributed by atoms with Crippen LogP contribution >= 0.6 is 0 Å². The molecule has 0 radical (unpaired) electrons. The molecule has 0 aromatic heterocycles. The van der Waals surface area contributed by atoms with Crippen molar-refractivity contribution < 1.29 is 19.4 Å². The predicted octanol–water partition coefficient (Wildman–Crippen LogP) is -0.417. The average molecular weight is 276 g/mol. The highest BCUT2D eigenvalue weighted by Crippen LogP contribution is 2.27. The van der Waals surface area contributed by atoms with Gasteiger partial charge in [-0.15, -0.1) is 0 Å². The number of hydrogen-bond acceptors (Lipinski definition) is 6. The summed E-state index contributed by atoms with van der Waals surface area (Å²) in [7, 11) is 1.43. The first-order valence-corrected chi connectivity index (χ1v) is 5.65. The SMILES string of the molecule is COc1cccc(/C=N\NC(=O)[C@H]2C=NNC2=O)c1O. The van der Waals surface area contributed by atoms with Crippen LogP contribution in [0.1, 0.15) is 5.56 Å². The molecule has 0 bridgehead atoms. The number of rotatable bonds is 4. The van der Waals surface area contributed by atoms with Gasteiger partial charge < -0.3 is 9.84 Å². The third-order valence-electron chi connectivity index (χ3n) is 2.59. The highest BCUT2D eigenvalue weighted by Gasteiger charge is 2.28. The molecule has 2 amide bonds. The summed E-state index contributed by atoms with van der Waals surface area (Å²) in [5, 5.41) is 16.9. The molecule has 3 N–H and O–H groups in total. The van der Waals surface area contributed by atoms with E-state index >= 15 is 0 Å². The topological polar surface area (TPSA) is 112 Å². The van der Waals surface area contributed by atoms with Crippen molar-refractivity contribution in [2.75, 3.05) is 7.11 Å². The van der Waals surface area contributed by atoms with Crippen molar-refractivity contribution in [2.24, 2.45) is 16.1 Å². The summed E-state index contributed by atoms with van der Waals surface area (Å²) in [4.78, 5) is 22.8. The number of carbonyl (C=O) groups is 2. The highest BCUT2D eigenvalue weighted by molar-refractivity contribution is 6.15. The maximum Gasteiger partial charge on any atom is 0.258 e. The van der Waals surface area contributed by atoms with Gasteiger partial charge in [0.2, 0.25) is 0 Å². The van der Waals surface area contributed by atoms with Gasteiger partial charge in [0.05, 0.1) is 13.3 Å². The summed E-state index contributed by atoms with van der Waals surface area (Å²) in [6, 6.07) is 4.85. The molecule has 8 nitrogen and oxygen atoms in total. The zero-order valence-electron chi connectivity index (χ0n) is 10.5. The second-order valence-electron chi connectivity index (χ2n) is 3.86. The molecule has 8 heteroatoms. The van der Waals surface area contributed by atoms with E-state index < -0.39 is 17.7 Å². The van der Waals surface area contributed by atoms with Crippen molar-refractivity contribution >= 4 is 24.2 Å². The zero-order valence-corrected chi connectivity index (χ0v) is 10.5. The number of benzene rings is 1. The maximum atomic E-state index is 11.6. The molecule has 1 atom stereocenters. The Labute approximate surface area is 114 Å². The van der Waals surface area contributed by atoms with Gasteiger partial charge in [-0.3, -0.25) is 9.59 Å². The van der Waals surface area contributed by atoms with Crippen LogP contribution in [-0.4, -0.2) is 36.5 Å². The Morgan fingerprint density at radius 1 is 1.60 bits per heavy atom. The largest absolute Gasteiger partial charge is 0.504 e. The fourth-order valence-electron chi connectivity index (χ4n) is 1.54. The monoisotopic (exact) mass is 276 g/mol. The minimum absolute atomic E-state index is 0.0897. The lowest BCUT2D eigenvalue weighted by molar-refractivity contribution is -0.131. The van der Waals surface area contributed by atoms with Crippen molar-refractivity contribution in [1.82, 2.24) is 10.9 Å². The molecular formula is C12H12N4O4. The first-order chi connectivity index (χ1) is 9.63. The van der Waals surface area contributed by atoms with Crippen molar-refractivity contribution in [1.29, 1.82) is 0 Å². The smallest absolute Gasteiger partial charge is 0.258 e. The van der Waals surface area contributed by atoms with E-state index in [0.29, 0.717) is 11.3 Å². The lowest BCUT2D eigenvalue weighted by atomic mass is 10.1. The first-order valence-electron chi connectivity index (χ1n) is 5.65. The number of aromatic hydroxyl groups is 1. The number of nitrogens with zero attached hydrogens (tertiary/aromatic N) is 2. The average Bonchev–Trinajstić information content (AvgIpc) is 2.87. The number of hydrazone groups is 2. The molecule has 0 saturated carbocycles. The fourth-order valence-corrected chi connectivity index (χ4v) is 1.54. The number of amides is 2. The predicted molar refractivity (Wildman–Crippen MR) is 70.5 cm³/mol. The van der Waals surface area contributed by atoms with Crippen molar-refractivity contribution in [3.63, 3.8) is 0 Å². The maximum absolute atomic E-state index is 11.6. The Bertz CT molecular complexity index is 597. The number of methoxy groups -OCH3 is 1. The number of para-hydroxylation sites is 1. The van der Waals surface area contributed by atoms with Crippen LogP contribution in [-0.2, 0) is 9.59 Å². The summed E-state index contributed by atoms with van der Waals surface area (Å²) in [5.74, 6) is -1.91. The van der Waals surface area contributed by atoms with E-state index in [-0.39, 0.29) is 5.75 Å². The zero-order chi connectivity index (χ0) is 14.5. The molecule has 20 heavy (non-hydrogen) atoms. The highest BCUT2D eigenvalue weighted by atomic mass is 16.5. The Balaban J connectivity index is 2.02. The van der Waals surface area contributed by atoms with Crippen LogP contribution in [0.2, 0.25) is 0 Å². The number of hydrogen-bond donors (Lipinski definition) is 3. The van der Waals surface area contributed by atoms with E-state index in [9.17, 15) is 14.7 Å².